The highest BCUT2D eigenvalue weighted by molar-refractivity contribution is 6.34. The summed E-state index contributed by atoms with van der Waals surface area (Å²) in [6.45, 7) is 3.70. The Bertz CT molecular complexity index is 1120. The molecule has 2 aromatic carbocycles. The summed E-state index contributed by atoms with van der Waals surface area (Å²) in [6, 6.07) is 9.96. The molecule has 2 N–H and O–H groups in total. The molecule has 0 saturated carbocycles. The molecule has 2 atom stereocenters. The van der Waals surface area contributed by atoms with Gasteiger partial charge in [0.1, 0.15) is 11.4 Å². The molecule has 0 saturated heterocycles. The second kappa shape index (κ2) is 7.92. The molecule has 0 bridgehead atoms. The minimum atomic E-state index is -4.51. The van der Waals surface area contributed by atoms with Gasteiger partial charge in [0, 0.05) is 6.42 Å². The Balaban J connectivity index is 1.70. The van der Waals surface area contributed by atoms with Crippen LogP contribution in [0, 0.1) is 13.8 Å². The Labute approximate surface area is 182 Å². The summed E-state index contributed by atoms with van der Waals surface area (Å²) in [5.74, 6) is -0.563. The Kier molecular flexibility index (Phi) is 5.43. The SMILES string of the molecule is Cc1ccc([C@@H]2C[C@H](C(F)(F)F)n3ncc(C(=O)Nc4cccc(C)c4Cl)c3N2)cc1. The van der Waals surface area contributed by atoms with Crippen molar-refractivity contribution >= 4 is 29.0 Å². The molecule has 0 fully saturated rings. The van der Waals surface area contributed by atoms with Crippen LogP contribution >= 0.6 is 11.6 Å². The maximum absolute atomic E-state index is 13.8. The molecule has 1 amide bonds. The maximum Gasteiger partial charge on any atom is 0.410 e. The molecule has 0 aliphatic carbocycles. The summed E-state index contributed by atoms with van der Waals surface area (Å²) < 4.78 is 42.3. The Morgan fingerprint density at radius 1 is 1.19 bits per heavy atom. The van der Waals surface area contributed by atoms with Crippen molar-refractivity contribution in [3.63, 3.8) is 0 Å². The normalized spacial score (nSPS) is 18.3. The summed E-state index contributed by atoms with van der Waals surface area (Å²) in [6.07, 6.45) is -3.59. The van der Waals surface area contributed by atoms with Crippen LogP contribution in [0.5, 0.6) is 0 Å². The first-order valence-corrected chi connectivity index (χ1v) is 10.1. The quantitative estimate of drug-likeness (QED) is 0.511. The lowest BCUT2D eigenvalue weighted by Crippen LogP contribution is -2.36. The molecule has 0 radical (unpaired) electrons. The first-order chi connectivity index (χ1) is 14.6. The number of aromatic nitrogens is 2. The number of halogens is 4. The van der Waals surface area contributed by atoms with E-state index in [1.54, 1.807) is 37.3 Å². The van der Waals surface area contributed by atoms with E-state index in [0.29, 0.717) is 16.3 Å². The summed E-state index contributed by atoms with van der Waals surface area (Å²) in [7, 11) is 0. The zero-order chi connectivity index (χ0) is 22.3. The smallest absolute Gasteiger partial charge is 0.363 e. The zero-order valence-corrected chi connectivity index (χ0v) is 17.6. The van der Waals surface area contributed by atoms with E-state index in [0.717, 1.165) is 22.0 Å². The van der Waals surface area contributed by atoms with Gasteiger partial charge in [-0.1, -0.05) is 53.6 Å². The number of nitrogens with zero attached hydrogens (tertiary/aromatic N) is 2. The van der Waals surface area contributed by atoms with E-state index >= 15 is 0 Å². The molecule has 2 heterocycles. The van der Waals surface area contributed by atoms with Gasteiger partial charge in [-0.2, -0.15) is 18.3 Å². The highest BCUT2D eigenvalue weighted by Gasteiger charge is 2.47. The molecular weight excluding hydrogens is 429 g/mol. The Hall–Kier alpha value is -3.00. The lowest BCUT2D eigenvalue weighted by molar-refractivity contribution is -0.173. The van der Waals surface area contributed by atoms with E-state index in [-0.39, 0.29) is 17.8 Å². The third-order valence-corrected chi connectivity index (χ3v) is 5.90. The fourth-order valence-corrected chi connectivity index (χ4v) is 3.85. The number of carbonyl (C=O) groups is 1. The number of amides is 1. The maximum atomic E-state index is 13.8. The van der Waals surface area contributed by atoms with Gasteiger partial charge in [-0.05, 0) is 31.0 Å². The Morgan fingerprint density at radius 3 is 2.58 bits per heavy atom. The van der Waals surface area contributed by atoms with Crippen molar-refractivity contribution in [2.45, 2.75) is 38.5 Å². The molecular formula is C22H20ClF3N4O. The number of hydrogen-bond acceptors (Lipinski definition) is 3. The van der Waals surface area contributed by atoms with Crippen LogP contribution in [-0.4, -0.2) is 21.9 Å². The van der Waals surface area contributed by atoms with Gasteiger partial charge in [0.2, 0.25) is 0 Å². The van der Waals surface area contributed by atoms with Crippen LogP contribution in [0.4, 0.5) is 24.7 Å². The number of aryl methyl sites for hydroxylation is 2. The topological polar surface area (TPSA) is 59.0 Å². The predicted octanol–water partition coefficient (Wildman–Crippen LogP) is 6.07. The van der Waals surface area contributed by atoms with Gasteiger partial charge in [-0.3, -0.25) is 4.79 Å². The average molecular weight is 449 g/mol. The molecule has 1 aliphatic rings. The third kappa shape index (κ3) is 4.12. The molecule has 9 heteroatoms. The standard InChI is InChI=1S/C22H20ClF3N4O/c1-12-6-8-14(9-7-12)17-10-18(22(24,25)26)30-20(28-17)15(11-27-30)21(31)29-16-5-3-4-13(2)19(16)23/h3-9,11,17-18,28H,10H2,1-2H3,(H,29,31)/t17-,18+/m0/s1. The van der Waals surface area contributed by atoms with Crippen molar-refractivity contribution in [1.82, 2.24) is 9.78 Å². The van der Waals surface area contributed by atoms with Crippen LogP contribution in [0.3, 0.4) is 0 Å². The number of benzene rings is 2. The molecule has 3 aromatic rings. The van der Waals surface area contributed by atoms with Crippen LogP contribution in [0.15, 0.2) is 48.7 Å². The minimum absolute atomic E-state index is 0.0173. The summed E-state index contributed by atoms with van der Waals surface area (Å²) in [5.41, 5.74) is 2.88. The van der Waals surface area contributed by atoms with E-state index in [9.17, 15) is 18.0 Å². The van der Waals surface area contributed by atoms with E-state index < -0.39 is 24.2 Å². The number of nitrogens with one attached hydrogen (secondary N) is 2. The summed E-state index contributed by atoms with van der Waals surface area (Å²) in [4.78, 5) is 12.9. The second-order valence-electron chi connectivity index (χ2n) is 7.64. The molecule has 31 heavy (non-hydrogen) atoms. The van der Waals surface area contributed by atoms with Crippen molar-refractivity contribution in [2.75, 3.05) is 10.6 Å². The first kappa shape index (κ1) is 21.2. The van der Waals surface area contributed by atoms with Crippen molar-refractivity contribution < 1.29 is 18.0 Å². The monoisotopic (exact) mass is 448 g/mol. The van der Waals surface area contributed by atoms with Gasteiger partial charge in [-0.25, -0.2) is 4.68 Å². The van der Waals surface area contributed by atoms with Crippen molar-refractivity contribution in [2.24, 2.45) is 0 Å². The van der Waals surface area contributed by atoms with Crippen LogP contribution in [-0.2, 0) is 0 Å². The largest absolute Gasteiger partial charge is 0.410 e. The average Bonchev–Trinajstić information content (AvgIpc) is 3.14. The number of anilines is 2. The van der Waals surface area contributed by atoms with Gasteiger partial charge in [0.05, 0.1) is 22.9 Å². The lowest BCUT2D eigenvalue weighted by atomic mass is 9.96. The van der Waals surface area contributed by atoms with Gasteiger partial charge >= 0.3 is 6.18 Å². The van der Waals surface area contributed by atoms with Gasteiger partial charge in [0.15, 0.2) is 6.04 Å². The lowest BCUT2D eigenvalue weighted by Gasteiger charge is -2.34. The van der Waals surface area contributed by atoms with Gasteiger partial charge < -0.3 is 10.6 Å². The number of rotatable bonds is 3. The highest BCUT2D eigenvalue weighted by Crippen LogP contribution is 2.44. The first-order valence-electron chi connectivity index (χ1n) is 9.69. The molecule has 162 valence electrons. The van der Waals surface area contributed by atoms with Crippen LogP contribution in [0.2, 0.25) is 5.02 Å². The van der Waals surface area contributed by atoms with Crippen LogP contribution in [0.25, 0.3) is 0 Å². The fraction of sp³-hybridized carbons (Fsp3) is 0.273. The van der Waals surface area contributed by atoms with E-state index in [1.165, 1.54) is 0 Å². The summed E-state index contributed by atoms with van der Waals surface area (Å²) >= 11 is 6.24. The fourth-order valence-electron chi connectivity index (χ4n) is 3.68. The molecule has 5 nitrogen and oxygen atoms in total. The van der Waals surface area contributed by atoms with Crippen molar-refractivity contribution in [1.29, 1.82) is 0 Å². The van der Waals surface area contributed by atoms with Gasteiger partial charge in [0.25, 0.3) is 5.91 Å². The predicted molar refractivity (Wildman–Crippen MR) is 114 cm³/mol. The number of carbonyl (C=O) groups excluding carboxylic acids is 1. The third-order valence-electron chi connectivity index (χ3n) is 5.40. The molecule has 1 aromatic heterocycles. The van der Waals surface area contributed by atoms with Crippen molar-refractivity contribution in [3.05, 3.63) is 75.9 Å². The minimum Gasteiger partial charge on any atom is -0.363 e. The zero-order valence-electron chi connectivity index (χ0n) is 16.8. The molecule has 0 unspecified atom stereocenters. The number of hydrogen-bond donors (Lipinski definition) is 2. The van der Waals surface area contributed by atoms with Crippen LogP contribution < -0.4 is 10.6 Å². The van der Waals surface area contributed by atoms with E-state index in [2.05, 4.69) is 15.7 Å². The summed E-state index contributed by atoms with van der Waals surface area (Å²) in [5, 5.41) is 10.0. The van der Waals surface area contributed by atoms with Crippen molar-refractivity contribution in [3.8, 4) is 0 Å². The number of alkyl halides is 3. The molecule has 1 aliphatic heterocycles. The Morgan fingerprint density at radius 2 is 1.90 bits per heavy atom. The molecule has 0 spiro atoms. The van der Waals surface area contributed by atoms with E-state index in [1.807, 2.05) is 19.1 Å². The van der Waals surface area contributed by atoms with E-state index in [4.69, 9.17) is 11.6 Å². The number of fused-ring (bicyclic) bond motifs is 1. The molecule has 4 rings (SSSR count). The highest BCUT2D eigenvalue weighted by atomic mass is 35.5. The van der Waals surface area contributed by atoms with Gasteiger partial charge in [-0.15, -0.1) is 0 Å². The van der Waals surface area contributed by atoms with Crippen LogP contribution in [0.1, 0.15) is 45.6 Å². The second-order valence-corrected chi connectivity index (χ2v) is 8.02.